The van der Waals surface area contributed by atoms with Crippen LogP contribution in [0.5, 0.6) is 23.0 Å². The third-order valence-electron chi connectivity index (χ3n) is 7.16. The van der Waals surface area contributed by atoms with Crippen molar-refractivity contribution in [3.63, 3.8) is 0 Å². The average Bonchev–Trinajstić information content (AvgIpc) is 3.06. The number of hydrogen-bond acceptors (Lipinski definition) is 12. The molecule has 4 N–H and O–H groups in total. The first kappa shape index (κ1) is 35.4. The minimum Gasteiger partial charge on any atom is -0.506 e. The van der Waals surface area contributed by atoms with E-state index in [1.54, 1.807) is 42.5 Å². The zero-order chi connectivity index (χ0) is 34.5. The van der Waals surface area contributed by atoms with Gasteiger partial charge < -0.3 is 20.4 Å². The van der Waals surface area contributed by atoms with E-state index in [4.69, 9.17) is 0 Å². The van der Waals surface area contributed by atoms with E-state index >= 15 is 0 Å². The summed E-state index contributed by atoms with van der Waals surface area (Å²) in [6, 6.07) is 26.2. The van der Waals surface area contributed by atoms with Crippen molar-refractivity contribution in [2.24, 2.45) is 20.5 Å². The SMILES string of the molecule is Cc1cc(C)c(O)c(N=Nc2c(O)ccc3ccccc23)c1.O=[N+]([O-])c1cc(N=Nc2c(O)ccc3ccccc23)c(O)c([N+](=O)[O-])c1.[Co]. The van der Waals surface area contributed by atoms with Gasteiger partial charge in [-0.15, -0.1) is 20.5 Å². The van der Waals surface area contributed by atoms with E-state index in [0.29, 0.717) is 22.8 Å². The number of benzene rings is 6. The molecule has 49 heavy (non-hydrogen) atoms. The maximum absolute atomic E-state index is 11.0. The molecule has 0 saturated carbocycles. The molecule has 0 fully saturated rings. The smallest absolute Gasteiger partial charge is 0.319 e. The molecule has 6 aromatic carbocycles. The number of nitrogens with zero attached hydrogens (tertiary/aromatic N) is 6. The summed E-state index contributed by atoms with van der Waals surface area (Å²) in [5.74, 6) is -0.892. The van der Waals surface area contributed by atoms with Crippen LogP contribution in [0.1, 0.15) is 11.1 Å². The number of nitro groups is 2. The van der Waals surface area contributed by atoms with Crippen molar-refractivity contribution in [3.8, 4) is 23.0 Å². The van der Waals surface area contributed by atoms with Crippen LogP contribution in [0.2, 0.25) is 0 Å². The van der Waals surface area contributed by atoms with Gasteiger partial charge >= 0.3 is 5.69 Å². The number of rotatable bonds is 6. The van der Waals surface area contributed by atoms with Crippen LogP contribution < -0.4 is 0 Å². The fourth-order valence-corrected chi connectivity index (χ4v) is 4.83. The van der Waals surface area contributed by atoms with Gasteiger partial charge in [0, 0.05) is 33.6 Å². The molecule has 0 saturated heterocycles. The average molecular weight is 706 g/mol. The number of fused-ring (bicyclic) bond motifs is 2. The Kier molecular flexibility index (Phi) is 10.8. The molecule has 0 atom stereocenters. The Hall–Kier alpha value is -6.45. The van der Waals surface area contributed by atoms with E-state index in [2.05, 4.69) is 20.5 Å². The van der Waals surface area contributed by atoms with Crippen molar-refractivity contribution < 1.29 is 47.1 Å². The molecule has 0 aliphatic rings. The molecule has 0 aliphatic heterocycles. The summed E-state index contributed by atoms with van der Waals surface area (Å²) in [7, 11) is 0. The number of aryl methyl sites for hydroxylation is 2. The summed E-state index contributed by atoms with van der Waals surface area (Å²) in [6.07, 6.45) is 0. The van der Waals surface area contributed by atoms with Gasteiger partial charge in [-0.2, -0.15) is 0 Å². The Morgan fingerprint density at radius 1 is 0.571 bits per heavy atom. The van der Waals surface area contributed by atoms with Crippen molar-refractivity contribution in [1.29, 1.82) is 0 Å². The number of nitro benzene ring substituents is 2. The molecule has 1 radical (unpaired) electrons. The van der Waals surface area contributed by atoms with Gasteiger partial charge in [0.1, 0.15) is 40.0 Å². The van der Waals surface area contributed by atoms with Gasteiger partial charge in [0.05, 0.1) is 15.9 Å². The predicted octanol–water partition coefficient (Wildman–Crippen LogP) is 9.76. The Bertz CT molecular complexity index is 2290. The van der Waals surface area contributed by atoms with Crippen LogP contribution >= 0.6 is 0 Å². The van der Waals surface area contributed by atoms with Crippen LogP contribution in [-0.2, 0) is 16.8 Å². The Labute approximate surface area is 287 Å². The number of hydrogen-bond donors (Lipinski definition) is 4. The first-order chi connectivity index (χ1) is 22.9. The van der Waals surface area contributed by atoms with E-state index in [1.165, 1.54) is 6.07 Å². The largest absolute Gasteiger partial charge is 0.506 e. The van der Waals surface area contributed by atoms with E-state index < -0.39 is 32.7 Å². The normalized spacial score (nSPS) is 11.0. The Morgan fingerprint density at radius 3 is 1.55 bits per heavy atom. The van der Waals surface area contributed by atoms with Crippen molar-refractivity contribution >= 4 is 55.7 Å². The van der Waals surface area contributed by atoms with Gasteiger partial charge in [-0.3, -0.25) is 20.2 Å². The van der Waals surface area contributed by atoms with Crippen molar-refractivity contribution in [2.45, 2.75) is 13.8 Å². The number of azo groups is 2. The zero-order valence-corrected chi connectivity index (χ0v) is 26.7. The summed E-state index contributed by atoms with van der Waals surface area (Å²) in [6.45, 7) is 3.75. The molecular formula is C34H26CoN6O8. The summed E-state index contributed by atoms with van der Waals surface area (Å²) < 4.78 is 0. The van der Waals surface area contributed by atoms with E-state index in [9.17, 15) is 40.7 Å². The van der Waals surface area contributed by atoms with Crippen molar-refractivity contribution in [3.05, 3.63) is 128 Å². The Morgan fingerprint density at radius 2 is 1.06 bits per heavy atom. The molecule has 0 amide bonds. The second-order valence-electron chi connectivity index (χ2n) is 10.5. The molecule has 14 nitrogen and oxygen atoms in total. The molecule has 6 rings (SSSR count). The van der Waals surface area contributed by atoms with Crippen LogP contribution in [0, 0.1) is 34.1 Å². The van der Waals surface area contributed by atoms with Gasteiger partial charge in [0.25, 0.3) is 5.69 Å². The quantitative estimate of drug-likeness (QED) is 0.0741. The standard InChI is InChI=1S/C18H16N2O2.C16H10N4O6.Co/c1-11-9-12(2)18(22)15(10-11)19-20-17-14-6-4-3-5-13(14)7-8-16(17)21;21-14-6-5-9-3-1-2-4-11(9)15(14)18-17-12-7-10(19(23)24)8-13(16(12)22)20(25)26;/h3-10,21-22H,1-2H3;1-8,21-22H;. The third-order valence-corrected chi connectivity index (χ3v) is 7.16. The van der Waals surface area contributed by atoms with Gasteiger partial charge in [-0.25, -0.2) is 0 Å². The second-order valence-corrected chi connectivity index (χ2v) is 10.5. The molecular weight excluding hydrogens is 679 g/mol. The number of aromatic hydroxyl groups is 4. The maximum atomic E-state index is 11.0. The minimum atomic E-state index is -0.962. The van der Waals surface area contributed by atoms with Gasteiger partial charge in [-0.1, -0.05) is 66.7 Å². The van der Waals surface area contributed by atoms with Crippen LogP contribution in [0.3, 0.4) is 0 Å². The van der Waals surface area contributed by atoms with E-state index in [0.717, 1.165) is 33.4 Å². The van der Waals surface area contributed by atoms with Gasteiger partial charge in [0.2, 0.25) is 5.75 Å². The molecule has 0 bridgehead atoms. The summed E-state index contributed by atoms with van der Waals surface area (Å²) in [5, 5.41) is 80.9. The van der Waals surface area contributed by atoms with E-state index in [-0.39, 0.29) is 39.7 Å². The minimum absolute atomic E-state index is 0. The number of phenolic OH excluding ortho intramolecular Hbond substituents is 4. The monoisotopic (exact) mass is 705 g/mol. The molecule has 0 aliphatic carbocycles. The fourth-order valence-electron chi connectivity index (χ4n) is 4.83. The number of phenols is 4. The first-order valence-corrected chi connectivity index (χ1v) is 14.2. The summed E-state index contributed by atoms with van der Waals surface area (Å²) >= 11 is 0. The topological polar surface area (TPSA) is 217 Å². The second kappa shape index (κ2) is 15.0. The first-order valence-electron chi connectivity index (χ1n) is 14.2. The molecule has 0 aromatic heterocycles. The fraction of sp³-hybridized carbons (Fsp3) is 0.0588. The zero-order valence-electron chi connectivity index (χ0n) is 25.7. The molecule has 249 valence electrons. The molecule has 15 heteroatoms. The number of non-ortho nitro benzene ring substituents is 1. The molecule has 0 unspecified atom stereocenters. The van der Waals surface area contributed by atoms with Crippen LogP contribution in [-0.4, -0.2) is 30.3 Å². The molecule has 0 heterocycles. The third kappa shape index (κ3) is 7.75. The van der Waals surface area contributed by atoms with Crippen molar-refractivity contribution in [2.75, 3.05) is 0 Å². The van der Waals surface area contributed by atoms with Crippen LogP contribution in [0.15, 0.2) is 118 Å². The Balaban J connectivity index is 0.000000219. The summed E-state index contributed by atoms with van der Waals surface area (Å²) in [4.78, 5) is 20.1. The van der Waals surface area contributed by atoms with Crippen LogP contribution in [0.25, 0.3) is 21.5 Å². The van der Waals surface area contributed by atoms with Gasteiger partial charge in [0.15, 0.2) is 0 Å². The molecule has 6 aromatic rings. The predicted molar refractivity (Wildman–Crippen MR) is 179 cm³/mol. The summed E-state index contributed by atoms with van der Waals surface area (Å²) in [5.41, 5.74) is 0.653. The maximum Gasteiger partial charge on any atom is 0.319 e. The van der Waals surface area contributed by atoms with E-state index in [1.807, 2.05) is 50.2 Å². The van der Waals surface area contributed by atoms with Gasteiger partial charge in [-0.05, 0) is 53.9 Å². The molecule has 0 spiro atoms. The van der Waals surface area contributed by atoms with Crippen LogP contribution in [0.4, 0.5) is 34.1 Å². The van der Waals surface area contributed by atoms with Crippen molar-refractivity contribution in [1.82, 2.24) is 0 Å².